The van der Waals surface area contributed by atoms with E-state index in [1.54, 1.807) is 6.92 Å². The van der Waals surface area contributed by atoms with Crippen LogP contribution < -0.4 is 0 Å². The fourth-order valence-corrected chi connectivity index (χ4v) is 6.06. The maximum Gasteiger partial charge on any atom is 0.344 e. The number of carbonyl (C=O) groups excluding carboxylic acids is 2. The molecule has 2 unspecified atom stereocenters. The molecule has 1 rings (SSSR count). The van der Waals surface area contributed by atoms with E-state index in [1.807, 2.05) is 6.92 Å². The van der Waals surface area contributed by atoms with Crippen molar-refractivity contribution in [3.05, 3.63) is 0 Å². The Morgan fingerprint density at radius 2 is 2.00 bits per heavy atom. The molecule has 1 heterocycles. The van der Waals surface area contributed by atoms with Crippen molar-refractivity contribution in [2.24, 2.45) is 5.92 Å². The number of ether oxygens (including phenoxy) is 2. The summed E-state index contributed by atoms with van der Waals surface area (Å²) in [5.74, 6) is -0.323. The van der Waals surface area contributed by atoms with E-state index in [4.69, 9.17) is 9.47 Å². The van der Waals surface area contributed by atoms with Crippen LogP contribution in [0.2, 0.25) is 25.2 Å². The molecule has 0 saturated carbocycles. The van der Waals surface area contributed by atoms with E-state index in [-0.39, 0.29) is 25.1 Å². The van der Waals surface area contributed by atoms with Gasteiger partial charge >= 0.3 is 11.9 Å². The van der Waals surface area contributed by atoms with Gasteiger partial charge in [0.1, 0.15) is 6.10 Å². The van der Waals surface area contributed by atoms with Crippen LogP contribution in [0.15, 0.2) is 0 Å². The minimum atomic E-state index is -1.09. The second kappa shape index (κ2) is 7.08. The van der Waals surface area contributed by atoms with Crippen LogP contribution in [-0.4, -0.2) is 32.7 Å². The van der Waals surface area contributed by atoms with Crippen LogP contribution in [0.3, 0.4) is 0 Å². The zero-order valence-electron chi connectivity index (χ0n) is 12.5. The predicted molar refractivity (Wildman–Crippen MR) is 76.6 cm³/mol. The Bertz CT molecular complexity index is 327. The molecule has 1 aliphatic heterocycles. The molecule has 110 valence electrons. The third-order valence-corrected chi connectivity index (χ3v) is 7.20. The summed E-state index contributed by atoms with van der Waals surface area (Å²) in [6.45, 7) is 8.20. The highest BCUT2D eigenvalue weighted by Gasteiger charge is 2.33. The molecule has 0 amide bonds. The number of hydrogen-bond donors (Lipinski definition) is 0. The van der Waals surface area contributed by atoms with Gasteiger partial charge in [-0.25, -0.2) is 4.79 Å². The zero-order chi connectivity index (χ0) is 14.5. The van der Waals surface area contributed by atoms with Crippen LogP contribution in [0.1, 0.15) is 33.1 Å². The van der Waals surface area contributed by atoms with Gasteiger partial charge in [-0.05, 0) is 19.3 Å². The first-order valence-electron chi connectivity index (χ1n) is 7.19. The maximum atomic E-state index is 11.6. The number of hydrogen-bond acceptors (Lipinski definition) is 4. The second-order valence-corrected chi connectivity index (χ2v) is 11.5. The van der Waals surface area contributed by atoms with Gasteiger partial charge in [-0.15, -0.1) is 0 Å². The maximum absolute atomic E-state index is 11.6. The summed E-state index contributed by atoms with van der Waals surface area (Å²) < 4.78 is 10.2. The van der Waals surface area contributed by atoms with Crippen molar-refractivity contribution in [1.29, 1.82) is 0 Å². The van der Waals surface area contributed by atoms with Gasteiger partial charge in [-0.2, -0.15) is 0 Å². The zero-order valence-corrected chi connectivity index (χ0v) is 13.5. The summed E-state index contributed by atoms with van der Waals surface area (Å²) in [6, 6.07) is 2.59. The van der Waals surface area contributed by atoms with Gasteiger partial charge < -0.3 is 9.47 Å². The van der Waals surface area contributed by atoms with Crippen molar-refractivity contribution < 1.29 is 19.1 Å². The van der Waals surface area contributed by atoms with Crippen LogP contribution >= 0.6 is 0 Å². The molecule has 0 radical (unpaired) electrons. The van der Waals surface area contributed by atoms with E-state index in [0.717, 1.165) is 6.42 Å². The van der Waals surface area contributed by atoms with Crippen LogP contribution in [0.4, 0.5) is 0 Å². The number of esters is 2. The first kappa shape index (κ1) is 16.2. The van der Waals surface area contributed by atoms with Gasteiger partial charge in [0.15, 0.2) is 6.61 Å². The SMILES string of the molecule is CCC(=O)OCC(=O)OC(C)C1CCC[Si](C)(C)C1. The summed E-state index contributed by atoms with van der Waals surface area (Å²) in [7, 11) is -1.09. The van der Waals surface area contributed by atoms with Crippen molar-refractivity contribution in [1.82, 2.24) is 0 Å². The summed E-state index contributed by atoms with van der Waals surface area (Å²) in [6.07, 6.45) is 2.60. The first-order chi connectivity index (χ1) is 8.84. The Balaban J connectivity index is 2.35. The molecule has 4 nitrogen and oxygen atoms in total. The monoisotopic (exact) mass is 286 g/mol. The Kier molecular flexibility index (Phi) is 6.04. The lowest BCUT2D eigenvalue weighted by atomic mass is 10.00. The van der Waals surface area contributed by atoms with E-state index >= 15 is 0 Å². The second-order valence-electron chi connectivity index (χ2n) is 6.23. The quantitative estimate of drug-likeness (QED) is 0.576. The van der Waals surface area contributed by atoms with Gasteiger partial charge in [0.05, 0.1) is 0 Å². The normalized spacial score (nSPS) is 23.5. The van der Waals surface area contributed by atoms with Crippen LogP contribution in [0, 0.1) is 5.92 Å². The molecule has 0 aliphatic carbocycles. The lowest BCUT2D eigenvalue weighted by Crippen LogP contribution is -2.38. The summed E-state index contributed by atoms with van der Waals surface area (Å²) >= 11 is 0. The molecule has 5 heteroatoms. The highest BCUT2D eigenvalue weighted by molar-refractivity contribution is 6.77. The van der Waals surface area contributed by atoms with Crippen molar-refractivity contribution >= 4 is 20.0 Å². The van der Waals surface area contributed by atoms with E-state index in [2.05, 4.69) is 13.1 Å². The molecule has 0 spiro atoms. The summed E-state index contributed by atoms with van der Waals surface area (Å²) in [5, 5.41) is 0. The molecular weight excluding hydrogens is 260 g/mol. The van der Waals surface area contributed by atoms with E-state index < -0.39 is 14.0 Å². The Labute approximate surface area is 116 Å². The van der Waals surface area contributed by atoms with Gasteiger partial charge in [0.2, 0.25) is 0 Å². The minimum Gasteiger partial charge on any atom is -0.460 e. The molecule has 1 saturated heterocycles. The van der Waals surface area contributed by atoms with Gasteiger partial charge in [-0.3, -0.25) is 4.79 Å². The molecule has 0 N–H and O–H groups in total. The number of rotatable bonds is 5. The van der Waals surface area contributed by atoms with E-state index in [1.165, 1.54) is 18.5 Å². The molecule has 0 aromatic heterocycles. The van der Waals surface area contributed by atoms with E-state index in [0.29, 0.717) is 5.92 Å². The van der Waals surface area contributed by atoms with E-state index in [9.17, 15) is 9.59 Å². The molecule has 1 aliphatic rings. The molecule has 19 heavy (non-hydrogen) atoms. The molecule has 1 fully saturated rings. The number of carbonyl (C=O) groups is 2. The largest absolute Gasteiger partial charge is 0.460 e. The average Bonchev–Trinajstić information content (AvgIpc) is 2.34. The van der Waals surface area contributed by atoms with Gasteiger partial charge in [-0.1, -0.05) is 38.5 Å². The third kappa shape index (κ3) is 5.76. The van der Waals surface area contributed by atoms with Crippen molar-refractivity contribution in [3.8, 4) is 0 Å². The Morgan fingerprint density at radius 3 is 2.58 bits per heavy atom. The third-order valence-electron chi connectivity index (χ3n) is 3.86. The van der Waals surface area contributed by atoms with Crippen LogP contribution in [0.5, 0.6) is 0 Å². The fraction of sp³-hybridized carbons (Fsp3) is 0.857. The smallest absolute Gasteiger partial charge is 0.344 e. The van der Waals surface area contributed by atoms with Crippen LogP contribution in [-0.2, 0) is 19.1 Å². The predicted octanol–water partition coefficient (Wildman–Crippen LogP) is 2.99. The topological polar surface area (TPSA) is 52.6 Å². The lowest BCUT2D eigenvalue weighted by Gasteiger charge is -2.36. The summed E-state index contributed by atoms with van der Waals surface area (Å²) in [5.41, 5.74) is 0. The highest BCUT2D eigenvalue weighted by Crippen LogP contribution is 2.35. The molecule has 0 aromatic carbocycles. The summed E-state index contributed by atoms with van der Waals surface area (Å²) in [4.78, 5) is 22.6. The Hall–Kier alpha value is -0.843. The van der Waals surface area contributed by atoms with Crippen molar-refractivity contribution in [2.75, 3.05) is 6.61 Å². The van der Waals surface area contributed by atoms with Crippen molar-refractivity contribution in [3.63, 3.8) is 0 Å². The van der Waals surface area contributed by atoms with Crippen molar-refractivity contribution in [2.45, 2.75) is 64.4 Å². The standard InChI is InChI=1S/C14H26O4Si/c1-5-13(15)17-9-14(16)18-11(2)12-7-6-8-19(3,4)10-12/h11-12H,5-10H2,1-4H3. The lowest BCUT2D eigenvalue weighted by molar-refractivity contribution is -0.163. The highest BCUT2D eigenvalue weighted by atomic mass is 28.3. The van der Waals surface area contributed by atoms with Gasteiger partial charge in [0, 0.05) is 14.5 Å². The average molecular weight is 286 g/mol. The molecular formula is C14H26O4Si. The first-order valence-corrected chi connectivity index (χ1v) is 10.6. The molecule has 0 bridgehead atoms. The fourth-order valence-electron chi connectivity index (χ4n) is 2.74. The molecule has 2 atom stereocenters. The van der Waals surface area contributed by atoms with Gasteiger partial charge in [0.25, 0.3) is 0 Å². The molecule has 0 aromatic rings. The Morgan fingerprint density at radius 1 is 1.32 bits per heavy atom. The minimum absolute atomic E-state index is 0.0695. The van der Waals surface area contributed by atoms with Crippen LogP contribution in [0.25, 0.3) is 0 Å².